The summed E-state index contributed by atoms with van der Waals surface area (Å²) in [6.07, 6.45) is 3.95. The number of rotatable bonds is 7. The van der Waals surface area contributed by atoms with Gasteiger partial charge in [0, 0.05) is 35.7 Å². The van der Waals surface area contributed by atoms with Crippen LogP contribution in [0.5, 0.6) is 5.75 Å². The Morgan fingerprint density at radius 3 is 1.92 bits per heavy atom. The third kappa shape index (κ3) is 4.53. The molecule has 48 heavy (non-hydrogen) atoms. The molecule has 13 nitrogen and oxygen atoms in total. The van der Waals surface area contributed by atoms with Crippen molar-refractivity contribution in [1.29, 1.82) is 0 Å². The van der Waals surface area contributed by atoms with Crippen LogP contribution in [0.25, 0.3) is 0 Å². The number of aromatic hydroxyl groups is 1. The van der Waals surface area contributed by atoms with Crippen LogP contribution in [0.15, 0.2) is 91.0 Å². The van der Waals surface area contributed by atoms with Crippen LogP contribution in [0.4, 0.5) is 22.7 Å². The van der Waals surface area contributed by atoms with Gasteiger partial charge in [0.25, 0.3) is 11.4 Å². The van der Waals surface area contributed by atoms with Crippen molar-refractivity contribution in [3.8, 4) is 5.75 Å². The zero-order valence-electron chi connectivity index (χ0n) is 25.3. The first-order valence-electron chi connectivity index (χ1n) is 15.4. The normalized spacial score (nSPS) is 26.1. The van der Waals surface area contributed by atoms with Gasteiger partial charge in [0.2, 0.25) is 23.6 Å². The molecule has 0 spiro atoms. The molecule has 2 aliphatic heterocycles. The molecule has 4 aliphatic rings. The molecule has 3 aromatic rings. The second-order valence-corrected chi connectivity index (χ2v) is 12.4. The van der Waals surface area contributed by atoms with Crippen LogP contribution in [0.3, 0.4) is 0 Å². The summed E-state index contributed by atoms with van der Waals surface area (Å²) >= 11 is 0. The molecule has 0 bridgehead atoms. The maximum atomic E-state index is 14.3. The Labute approximate surface area is 273 Å². The summed E-state index contributed by atoms with van der Waals surface area (Å²) in [7, 11) is 0. The van der Waals surface area contributed by atoms with Gasteiger partial charge >= 0.3 is 0 Å². The van der Waals surface area contributed by atoms with Gasteiger partial charge in [-0.25, -0.2) is 9.80 Å². The molecule has 0 radical (unpaired) electrons. The maximum absolute atomic E-state index is 14.3. The average molecular weight is 649 g/mol. The van der Waals surface area contributed by atoms with E-state index >= 15 is 0 Å². The Hall–Kier alpha value is -5.98. The van der Waals surface area contributed by atoms with Gasteiger partial charge in [-0.15, -0.1) is 6.58 Å². The highest BCUT2D eigenvalue weighted by molar-refractivity contribution is 6.24. The zero-order valence-corrected chi connectivity index (χ0v) is 25.3. The third-order valence-corrected chi connectivity index (χ3v) is 10.1. The molecule has 2 heterocycles. The number of benzene rings is 3. The minimum Gasteiger partial charge on any atom is -0.507 e. The van der Waals surface area contributed by atoms with E-state index in [1.165, 1.54) is 42.5 Å². The predicted octanol–water partition coefficient (Wildman–Crippen LogP) is 4.98. The van der Waals surface area contributed by atoms with Crippen LogP contribution in [-0.4, -0.2) is 38.6 Å². The largest absolute Gasteiger partial charge is 0.507 e. The number of hydrogen-bond donors (Lipinski definition) is 1. The number of hydrogen-bond acceptors (Lipinski definition) is 9. The Bertz CT molecular complexity index is 2000. The lowest BCUT2D eigenvalue weighted by atomic mass is 9.57. The number of carbonyl (C=O) groups is 4. The van der Waals surface area contributed by atoms with E-state index < -0.39 is 69.0 Å². The lowest BCUT2D eigenvalue weighted by Gasteiger charge is -2.44. The number of para-hydroxylation sites is 1. The molecule has 13 heteroatoms. The second kappa shape index (κ2) is 11.4. The number of carbonyl (C=O) groups excluding carboxylic acids is 4. The summed E-state index contributed by atoms with van der Waals surface area (Å²) < 4.78 is 0. The van der Waals surface area contributed by atoms with Crippen molar-refractivity contribution in [1.82, 2.24) is 0 Å². The van der Waals surface area contributed by atoms with Crippen LogP contribution in [-0.2, 0) is 25.6 Å². The number of imide groups is 2. The van der Waals surface area contributed by atoms with Gasteiger partial charge in [-0.1, -0.05) is 48.1 Å². The van der Waals surface area contributed by atoms with E-state index in [2.05, 4.69) is 6.58 Å². The predicted molar refractivity (Wildman–Crippen MR) is 171 cm³/mol. The summed E-state index contributed by atoms with van der Waals surface area (Å²) in [6, 6.07) is 15.6. The van der Waals surface area contributed by atoms with Crippen LogP contribution in [0, 0.1) is 49.8 Å². The van der Waals surface area contributed by atoms with E-state index in [0.29, 0.717) is 23.1 Å². The number of fused-ring (bicyclic) bond motifs is 4. The van der Waals surface area contributed by atoms with Gasteiger partial charge in [0.05, 0.1) is 44.9 Å². The van der Waals surface area contributed by atoms with E-state index in [-0.39, 0.29) is 41.3 Å². The first-order valence-corrected chi connectivity index (χ1v) is 15.4. The molecule has 1 N–H and O–H groups in total. The first kappa shape index (κ1) is 30.7. The van der Waals surface area contributed by atoms with Crippen molar-refractivity contribution < 1.29 is 34.1 Å². The van der Waals surface area contributed by atoms with E-state index in [1.54, 1.807) is 24.3 Å². The van der Waals surface area contributed by atoms with Crippen LogP contribution < -0.4 is 9.80 Å². The summed E-state index contributed by atoms with van der Waals surface area (Å²) in [4.78, 5) is 80.1. The Balaban J connectivity index is 1.35. The smallest absolute Gasteiger partial charge is 0.271 e. The van der Waals surface area contributed by atoms with Crippen LogP contribution in [0.2, 0.25) is 0 Å². The fourth-order valence-corrected chi connectivity index (χ4v) is 8.12. The molecule has 0 unspecified atom stereocenters. The van der Waals surface area contributed by atoms with Crippen molar-refractivity contribution in [3.05, 3.63) is 122 Å². The highest BCUT2D eigenvalue weighted by atomic mass is 16.6. The molecular formula is C35H28N4O9. The lowest BCUT2D eigenvalue weighted by molar-refractivity contribution is -0.385. The van der Waals surface area contributed by atoms with Crippen molar-refractivity contribution in [3.63, 3.8) is 0 Å². The minimum absolute atomic E-state index is 0.0378. The first-order chi connectivity index (χ1) is 23.0. The van der Waals surface area contributed by atoms with Crippen LogP contribution >= 0.6 is 0 Å². The number of non-ortho nitro benzene ring substituents is 2. The van der Waals surface area contributed by atoms with Crippen molar-refractivity contribution in [2.75, 3.05) is 9.80 Å². The molecule has 1 saturated carbocycles. The Kier molecular flexibility index (Phi) is 7.26. The van der Waals surface area contributed by atoms with E-state index in [0.717, 1.165) is 15.9 Å². The maximum Gasteiger partial charge on any atom is 0.271 e. The molecule has 2 aliphatic carbocycles. The highest BCUT2D eigenvalue weighted by Gasteiger charge is 2.62. The Morgan fingerprint density at radius 2 is 1.33 bits per heavy atom. The fraction of sp³-hybridized carbons (Fsp3) is 0.257. The molecule has 6 atom stereocenters. The molecule has 3 aromatic carbocycles. The van der Waals surface area contributed by atoms with Crippen LogP contribution in [0.1, 0.15) is 29.9 Å². The number of anilines is 2. The van der Waals surface area contributed by atoms with E-state index in [1.807, 2.05) is 6.08 Å². The number of allylic oxidation sites excluding steroid dienone is 3. The quantitative estimate of drug-likeness (QED) is 0.160. The lowest BCUT2D eigenvalue weighted by Crippen LogP contribution is -2.43. The number of nitro benzene ring substituents is 2. The van der Waals surface area contributed by atoms with Crippen molar-refractivity contribution in [2.24, 2.45) is 29.6 Å². The van der Waals surface area contributed by atoms with E-state index in [9.17, 15) is 44.5 Å². The van der Waals surface area contributed by atoms with E-state index in [4.69, 9.17) is 0 Å². The molecular weight excluding hydrogens is 620 g/mol. The number of phenols is 1. The van der Waals surface area contributed by atoms with Gasteiger partial charge in [-0.3, -0.25) is 39.4 Å². The zero-order chi connectivity index (χ0) is 34.0. The Morgan fingerprint density at radius 1 is 0.771 bits per heavy atom. The monoisotopic (exact) mass is 648 g/mol. The summed E-state index contributed by atoms with van der Waals surface area (Å²) in [5.74, 6) is -7.56. The number of amides is 4. The van der Waals surface area contributed by atoms with Gasteiger partial charge in [-0.2, -0.15) is 0 Å². The summed E-state index contributed by atoms with van der Waals surface area (Å²) in [6.45, 7) is 3.75. The van der Waals surface area contributed by atoms with Gasteiger partial charge in [0.1, 0.15) is 5.75 Å². The molecule has 3 fully saturated rings. The van der Waals surface area contributed by atoms with Gasteiger partial charge < -0.3 is 5.11 Å². The third-order valence-electron chi connectivity index (χ3n) is 10.1. The highest BCUT2D eigenvalue weighted by Crippen LogP contribution is 2.59. The van der Waals surface area contributed by atoms with Gasteiger partial charge in [0.15, 0.2) is 0 Å². The molecule has 242 valence electrons. The molecule has 7 rings (SSSR count). The van der Waals surface area contributed by atoms with Gasteiger partial charge in [-0.05, 0) is 42.9 Å². The number of nitrogens with zero attached hydrogens (tertiary/aromatic N) is 4. The van der Waals surface area contributed by atoms with Crippen molar-refractivity contribution >= 4 is 46.4 Å². The SMILES string of the molecule is C=CCc1cccc([C@H]2C3=CC[C@@H]4C(=O)N(c5cccc([N+](=O)[O-])c5)C(=O)[C@@H]4[C@@H]3C[C@H]3C(=O)N(c4cccc([N+](=O)[O-])c4)C(=O)[C@@H]23)c1O. The molecule has 2 saturated heterocycles. The molecule has 0 aromatic heterocycles. The number of phenolic OH excluding ortho intramolecular Hbond substituents is 1. The standard InChI is InChI=1S/C35H28N4O9/c1-2-6-18-7-3-12-24(31(18)40)28-23-13-14-25-29(34(43)36(32(25)41)19-8-4-10-21(15-19)38(45)46)26(23)17-27-30(28)35(44)37(33(27)42)20-9-5-11-22(16-20)39(47)48/h2-5,7-13,15-16,25-30,40H,1,6,14,17H2/t25-,26+,27+,28+,29-,30+/m0/s1. The summed E-state index contributed by atoms with van der Waals surface area (Å²) in [5, 5.41) is 34.5. The molecule has 4 amide bonds. The second-order valence-electron chi connectivity index (χ2n) is 12.4. The average Bonchev–Trinajstić information content (AvgIpc) is 3.48. The fourth-order valence-electron chi connectivity index (χ4n) is 8.12. The minimum atomic E-state index is -0.999. The van der Waals surface area contributed by atoms with Crippen molar-refractivity contribution in [2.45, 2.75) is 25.2 Å². The topological polar surface area (TPSA) is 181 Å². The summed E-state index contributed by atoms with van der Waals surface area (Å²) in [5.41, 5.74) is 1.10. The number of nitro groups is 2.